The van der Waals surface area contributed by atoms with Crippen molar-refractivity contribution in [3.05, 3.63) is 66.1 Å². The molecule has 1 aromatic heterocycles. The number of nitrogens with one attached hydrogen (secondary N) is 1. The Morgan fingerprint density at radius 3 is 2.44 bits per heavy atom. The topological polar surface area (TPSA) is 65.8 Å². The Morgan fingerprint density at radius 2 is 1.75 bits per heavy atom. The van der Waals surface area contributed by atoms with Gasteiger partial charge < -0.3 is 14.6 Å². The Morgan fingerprint density at radius 1 is 1.00 bits per heavy atom. The first kappa shape index (κ1) is 22.3. The van der Waals surface area contributed by atoms with Gasteiger partial charge in [-0.3, -0.25) is 14.5 Å². The van der Waals surface area contributed by atoms with E-state index in [-0.39, 0.29) is 23.8 Å². The molecule has 0 bridgehead atoms. The number of likely N-dealkylation sites (tertiary alicyclic amines) is 2. The van der Waals surface area contributed by atoms with Crippen molar-refractivity contribution in [2.24, 2.45) is 5.92 Å². The molecule has 4 rings (SSSR count). The molecule has 0 radical (unpaired) electrons. The van der Waals surface area contributed by atoms with Crippen LogP contribution in [0.5, 0.6) is 0 Å². The third kappa shape index (κ3) is 5.88. The third-order valence-electron chi connectivity index (χ3n) is 6.57. The van der Waals surface area contributed by atoms with Gasteiger partial charge in [0, 0.05) is 31.6 Å². The van der Waals surface area contributed by atoms with Crippen LogP contribution in [0.3, 0.4) is 0 Å². The van der Waals surface area contributed by atoms with Crippen LogP contribution in [-0.2, 0) is 9.59 Å². The van der Waals surface area contributed by atoms with E-state index in [2.05, 4.69) is 10.2 Å². The molecular formula is C26H33N3O3. The first-order valence-electron chi connectivity index (χ1n) is 11.8. The van der Waals surface area contributed by atoms with Gasteiger partial charge in [0.2, 0.25) is 11.8 Å². The summed E-state index contributed by atoms with van der Waals surface area (Å²) in [5, 5.41) is 3.17. The van der Waals surface area contributed by atoms with Crippen molar-refractivity contribution >= 4 is 17.9 Å². The van der Waals surface area contributed by atoms with Gasteiger partial charge in [0.25, 0.3) is 0 Å². The Kier molecular flexibility index (Phi) is 7.77. The van der Waals surface area contributed by atoms with Crippen LogP contribution >= 0.6 is 0 Å². The minimum Gasteiger partial charge on any atom is -0.468 e. The quantitative estimate of drug-likeness (QED) is 0.671. The lowest BCUT2D eigenvalue weighted by Crippen LogP contribution is -2.45. The summed E-state index contributed by atoms with van der Waals surface area (Å²) >= 11 is 0. The smallest absolute Gasteiger partial charge is 0.246 e. The molecule has 32 heavy (non-hydrogen) atoms. The van der Waals surface area contributed by atoms with Crippen molar-refractivity contribution < 1.29 is 14.0 Å². The highest BCUT2D eigenvalue weighted by Crippen LogP contribution is 2.25. The van der Waals surface area contributed by atoms with Crippen LogP contribution in [0.25, 0.3) is 6.08 Å². The largest absolute Gasteiger partial charge is 0.468 e. The fourth-order valence-electron chi connectivity index (χ4n) is 4.66. The lowest BCUT2D eigenvalue weighted by molar-refractivity contribution is -0.132. The molecule has 2 aromatic rings. The zero-order valence-corrected chi connectivity index (χ0v) is 18.6. The second-order valence-electron chi connectivity index (χ2n) is 8.72. The van der Waals surface area contributed by atoms with Gasteiger partial charge in [0.1, 0.15) is 5.76 Å². The van der Waals surface area contributed by atoms with Crippen molar-refractivity contribution in [1.29, 1.82) is 0 Å². The van der Waals surface area contributed by atoms with Gasteiger partial charge >= 0.3 is 0 Å². The molecular weight excluding hydrogens is 402 g/mol. The lowest BCUT2D eigenvalue weighted by Gasteiger charge is -2.34. The molecule has 0 aliphatic carbocycles. The van der Waals surface area contributed by atoms with Gasteiger partial charge in [-0.2, -0.15) is 0 Å². The maximum Gasteiger partial charge on any atom is 0.246 e. The van der Waals surface area contributed by atoms with Crippen molar-refractivity contribution in [2.75, 3.05) is 32.7 Å². The summed E-state index contributed by atoms with van der Waals surface area (Å²) in [6, 6.07) is 13.8. The van der Waals surface area contributed by atoms with E-state index in [1.54, 1.807) is 12.3 Å². The molecule has 1 aromatic carbocycles. The van der Waals surface area contributed by atoms with Crippen LogP contribution < -0.4 is 5.32 Å². The second-order valence-corrected chi connectivity index (χ2v) is 8.72. The zero-order valence-electron chi connectivity index (χ0n) is 18.6. The number of benzene rings is 1. The number of carbonyl (C=O) groups is 2. The van der Waals surface area contributed by atoms with Crippen molar-refractivity contribution in [2.45, 2.75) is 38.1 Å². The van der Waals surface area contributed by atoms with Crippen molar-refractivity contribution in [1.82, 2.24) is 15.1 Å². The predicted octanol–water partition coefficient (Wildman–Crippen LogP) is 3.87. The van der Waals surface area contributed by atoms with Gasteiger partial charge in [-0.1, -0.05) is 36.8 Å². The van der Waals surface area contributed by atoms with Crippen LogP contribution in [-0.4, -0.2) is 54.3 Å². The van der Waals surface area contributed by atoms with Gasteiger partial charge in [-0.15, -0.1) is 0 Å². The number of piperidine rings is 2. The normalized spacial score (nSPS) is 19.2. The van der Waals surface area contributed by atoms with Crippen LogP contribution in [0.15, 0.2) is 59.2 Å². The number of carbonyl (C=O) groups excluding carboxylic acids is 2. The molecule has 2 saturated heterocycles. The van der Waals surface area contributed by atoms with Gasteiger partial charge in [-0.05, 0) is 62.5 Å². The number of furan rings is 1. The number of amides is 2. The van der Waals surface area contributed by atoms with Crippen LogP contribution in [0.2, 0.25) is 0 Å². The average molecular weight is 436 g/mol. The molecule has 1 atom stereocenters. The molecule has 6 nitrogen and oxygen atoms in total. The summed E-state index contributed by atoms with van der Waals surface area (Å²) in [6.45, 7) is 3.87. The highest BCUT2D eigenvalue weighted by Gasteiger charge is 2.29. The average Bonchev–Trinajstić information content (AvgIpc) is 3.38. The minimum absolute atomic E-state index is 0.00990. The molecule has 2 fully saturated rings. The highest BCUT2D eigenvalue weighted by molar-refractivity contribution is 5.92. The Labute approximate surface area is 190 Å². The summed E-state index contributed by atoms with van der Waals surface area (Å²) in [4.78, 5) is 29.6. The second kappa shape index (κ2) is 11.1. The van der Waals surface area contributed by atoms with E-state index in [4.69, 9.17) is 4.42 Å². The Hall–Kier alpha value is -2.86. The number of hydrogen-bond acceptors (Lipinski definition) is 4. The monoisotopic (exact) mass is 435 g/mol. The fourth-order valence-corrected chi connectivity index (χ4v) is 4.66. The van der Waals surface area contributed by atoms with E-state index in [1.807, 2.05) is 53.4 Å². The molecule has 2 aliphatic heterocycles. The van der Waals surface area contributed by atoms with E-state index >= 15 is 0 Å². The third-order valence-corrected chi connectivity index (χ3v) is 6.57. The number of nitrogens with zero attached hydrogens (tertiary/aromatic N) is 2. The van der Waals surface area contributed by atoms with Crippen LogP contribution in [0, 0.1) is 5.92 Å². The summed E-state index contributed by atoms with van der Waals surface area (Å²) in [5.41, 5.74) is 1.01. The first-order chi connectivity index (χ1) is 15.7. The van der Waals surface area contributed by atoms with Gasteiger partial charge in [-0.25, -0.2) is 0 Å². The molecule has 1 unspecified atom stereocenters. The van der Waals surface area contributed by atoms with E-state index in [0.717, 1.165) is 24.4 Å². The van der Waals surface area contributed by atoms with Crippen molar-refractivity contribution in [3.63, 3.8) is 0 Å². The van der Waals surface area contributed by atoms with E-state index in [0.29, 0.717) is 32.5 Å². The van der Waals surface area contributed by atoms with Gasteiger partial charge in [0.15, 0.2) is 0 Å². The summed E-state index contributed by atoms with van der Waals surface area (Å²) in [6.07, 6.45) is 10.2. The SMILES string of the molecule is O=C(NCC(c1ccco1)N1CCCCC1)C1CCN(C(=O)/C=C/c2ccccc2)CC1. The molecule has 3 heterocycles. The molecule has 0 spiro atoms. The van der Waals surface area contributed by atoms with Gasteiger partial charge in [0.05, 0.1) is 12.3 Å². The fraction of sp³-hybridized carbons (Fsp3) is 0.462. The van der Waals surface area contributed by atoms with Crippen molar-refractivity contribution in [3.8, 4) is 0 Å². The minimum atomic E-state index is -0.0456. The summed E-state index contributed by atoms with van der Waals surface area (Å²) in [5.74, 6) is 0.967. The molecule has 2 amide bonds. The maximum atomic E-state index is 12.9. The molecule has 2 aliphatic rings. The van der Waals surface area contributed by atoms with E-state index < -0.39 is 0 Å². The Balaban J connectivity index is 1.25. The standard InChI is InChI=1S/C26H33N3O3/c30-25(12-11-21-8-3-1-4-9-21)29-17-13-22(14-18-29)26(31)27-20-23(24-10-7-19-32-24)28-15-5-2-6-16-28/h1,3-4,7-12,19,22-23H,2,5-6,13-18,20H2,(H,27,31)/b12-11+. The Bertz CT molecular complexity index is 880. The molecule has 1 N–H and O–H groups in total. The highest BCUT2D eigenvalue weighted by atomic mass is 16.3. The van der Waals surface area contributed by atoms with E-state index in [1.165, 1.54) is 19.3 Å². The van der Waals surface area contributed by atoms with E-state index in [9.17, 15) is 9.59 Å². The molecule has 6 heteroatoms. The molecule has 170 valence electrons. The lowest BCUT2D eigenvalue weighted by atomic mass is 9.95. The predicted molar refractivity (Wildman–Crippen MR) is 125 cm³/mol. The first-order valence-corrected chi connectivity index (χ1v) is 11.8. The number of hydrogen-bond donors (Lipinski definition) is 1. The summed E-state index contributed by atoms with van der Waals surface area (Å²) < 4.78 is 5.68. The van der Waals surface area contributed by atoms with Crippen LogP contribution in [0.4, 0.5) is 0 Å². The zero-order chi connectivity index (χ0) is 22.2. The maximum absolute atomic E-state index is 12.9. The summed E-state index contributed by atoms with van der Waals surface area (Å²) in [7, 11) is 0. The molecule has 0 saturated carbocycles. The van der Waals surface area contributed by atoms with Crippen LogP contribution in [0.1, 0.15) is 49.5 Å². The number of rotatable bonds is 7.